The SMILES string of the molecule is OCCOCC(O)(CCl)OCCCC(O)CCl. The number of hydrogen-bond donors (Lipinski definition) is 3. The molecule has 5 nitrogen and oxygen atoms in total. The Hall–Kier alpha value is 0.380. The van der Waals surface area contributed by atoms with E-state index in [0.29, 0.717) is 12.8 Å². The van der Waals surface area contributed by atoms with Crippen molar-refractivity contribution in [2.45, 2.75) is 24.7 Å². The summed E-state index contributed by atoms with van der Waals surface area (Å²) in [4.78, 5) is 0. The number of aliphatic hydroxyl groups excluding tert-OH is 2. The van der Waals surface area contributed by atoms with Crippen molar-refractivity contribution in [3.05, 3.63) is 0 Å². The maximum atomic E-state index is 9.82. The summed E-state index contributed by atoms with van der Waals surface area (Å²) in [6, 6.07) is 0. The second-order valence-electron chi connectivity index (χ2n) is 3.65. The van der Waals surface area contributed by atoms with Gasteiger partial charge in [-0.25, -0.2) is 0 Å². The Morgan fingerprint density at radius 1 is 1.24 bits per heavy atom. The largest absolute Gasteiger partial charge is 0.394 e. The molecule has 17 heavy (non-hydrogen) atoms. The van der Waals surface area contributed by atoms with Gasteiger partial charge in [0.15, 0.2) is 0 Å². The Morgan fingerprint density at radius 3 is 2.47 bits per heavy atom. The average Bonchev–Trinajstić information content (AvgIpc) is 2.34. The maximum absolute atomic E-state index is 9.82. The molecule has 0 spiro atoms. The van der Waals surface area contributed by atoms with Crippen LogP contribution in [0.2, 0.25) is 0 Å². The highest BCUT2D eigenvalue weighted by Crippen LogP contribution is 2.12. The van der Waals surface area contributed by atoms with Crippen LogP contribution in [-0.2, 0) is 9.47 Å². The maximum Gasteiger partial charge on any atom is 0.203 e. The van der Waals surface area contributed by atoms with Gasteiger partial charge in [0, 0.05) is 5.88 Å². The van der Waals surface area contributed by atoms with Gasteiger partial charge in [-0.3, -0.25) is 0 Å². The number of alkyl halides is 2. The van der Waals surface area contributed by atoms with E-state index in [9.17, 15) is 10.2 Å². The first-order chi connectivity index (χ1) is 8.08. The molecule has 0 saturated carbocycles. The van der Waals surface area contributed by atoms with Gasteiger partial charge >= 0.3 is 0 Å². The van der Waals surface area contributed by atoms with Gasteiger partial charge in [-0.05, 0) is 12.8 Å². The highest BCUT2D eigenvalue weighted by Gasteiger charge is 2.27. The highest BCUT2D eigenvalue weighted by atomic mass is 35.5. The molecular formula is C10H20Cl2O5. The lowest BCUT2D eigenvalue weighted by Gasteiger charge is -2.25. The minimum atomic E-state index is -1.55. The predicted molar refractivity (Wildman–Crippen MR) is 65.5 cm³/mol. The van der Waals surface area contributed by atoms with E-state index in [1.54, 1.807) is 0 Å². The fourth-order valence-corrected chi connectivity index (χ4v) is 1.38. The molecule has 0 bridgehead atoms. The van der Waals surface area contributed by atoms with Crippen LogP contribution < -0.4 is 0 Å². The lowest BCUT2D eigenvalue weighted by atomic mass is 10.2. The van der Waals surface area contributed by atoms with Gasteiger partial charge in [0.1, 0.15) is 6.61 Å². The van der Waals surface area contributed by atoms with Gasteiger partial charge in [-0.2, -0.15) is 0 Å². The van der Waals surface area contributed by atoms with Gasteiger partial charge in [0.2, 0.25) is 5.79 Å². The minimum absolute atomic E-state index is 0.102. The second-order valence-corrected chi connectivity index (χ2v) is 4.23. The Bertz CT molecular complexity index is 184. The summed E-state index contributed by atoms with van der Waals surface area (Å²) in [5.74, 6) is -1.50. The van der Waals surface area contributed by atoms with E-state index in [1.807, 2.05) is 0 Å². The van der Waals surface area contributed by atoms with Gasteiger partial charge in [-0.15, -0.1) is 23.2 Å². The number of aliphatic hydroxyl groups is 3. The van der Waals surface area contributed by atoms with E-state index in [4.69, 9.17) is 37.8 Å². The second kappa shape index (κ2) is 10.3. The molecule has 3 N–H and O–H groups in total. The molecule has 2 atom stereocenters. The molecular weight excluding hydrogens is 271 g/mol. The average molecular weight is 291 g/mol. The molecule has 0 heterocycles. The third-order valence-electron chi connectivity index (χ3n) is 2.00. The molecule has 2 unspecified atom stereocenters. The normalized spacial score (nSPS) is 16.8. The van der Waals surface area contributed by atoms with Crippen molar-refractivity contribution in [2.24, 2.45) is 0 Å². The van der Waals surface area contributed by atoms with Crippen LogP contribution in [0, 0.1) is 0 Å². The molecule has 0 aliphatic heterocycles. The summed E-state index contributed by atoms with van der Waals surface area (Å²) in [6.07, 6.45) is 0.502. The van der Waals surface area contributed by atoms with Crippen molar-refractivity contribution in [2.75, 3.05) is 38.2 Å². The van der Waals surface area contributed by atoms with Crippen molar-refractivity contribution >= 4 is 23.2 Å². The molecule has 0 radical (unpaired) electrons. The quantitative estimate of drug-likeness (QED) is 0.290. The molecule has 7 heteroatoms. The highest BCUT2D eigenvalue weighted by molar-refractivity contribution is 6.18. The zero-order chi connectivity index (χ0) is 13.1. The summed E-state index contributed by atoms with van der Waals surface area (Å²) in [5.41, 5.74) is 0. The molecule has 0 amide bonds. The van der Waals surface area contributed by atoms with E-state index >= 15 is 0 Å². The molecule has 0 aromatic carbocycles. The first-order valence-corrected chi connectivity index (χ1v) is 6.50. The minimum Gasteiger partial charge on any atom is -0.394 e. The first kappa shape index (κ1) is 17.4. The number of hydrogen-bond acceptors (Lipinski definition) is 5. The number of rotatable bonds is 11. The fraction of sp³-hybridized carbons (Fsp3) is 1.00. The van der Waals surface area contributed by atoms with E-state index in [1.165, 1.54) is 0 Å². The molecule has 0 saturated heterocycles. The van der Waals surface area contributed by atoms with Crippen molar-refractivity contribution < 1.29 is 24.8 Å². The van der Waals surface area contributed by atoms with Crippen LogP contribution in [0.1, 0.15) is 12.8 Å². The van der Waals surface area contributed by atoms with Crippen LogP contribution in [0.5, 0.6) is 0 Å². The lowest BCUT2D eigenvalue weighted by molar-refractivity contribution is -0.219. The summed E-state index contributed by atoms with van der Waals surface area (Å²) in [6.45, 7) is 0.141. The van der Waals surface area contributed by atoms with E-state index in [-0.39, 0.29) is 38.2 Å². The van der Waals surface area contributed by atoms with Crippen LogP contribution in [0.15, 0.2) is 0 Å². The fourth-order valence-electron chi connectivity index (χ4n) is 1.07. The van der Waals surface area contributed by atoms with E-state index < -0.39 is 11.9 Å². The Labute approximate surface area is 111 Å². The number of halogens is 2. The molecule has 0 fully saturated rings. The summed E-state index contributed by atoms with van der Waals surface area (Å²) >= 11 is 11.0. The van der Waals surface area contributed by atoms with Crippen LogP contribution in [0.4, 0.5) is 0 Å². The zero-order valence-corrected chi connectivity index (χ0v) is 11.2. The summed E-state index contributed by atoms with van der Waals surface area (Å²) < 4.78 is 10.1. The Morgan fingerprint density at radius 2 is 1.94 bits per heavy atom. The molecule has 0 aliphatic carbocycles. The Kier molecular flexibility index (Phi) is 10.5. The van der Waals surface area contributed by atoms with Crippen molar-refractivity contribution in [1.29, 1.82) is 0 Å². The van der Waals surface area contributed by atoms with Crippen LogP contribution in [0.25, 0.3) is 0 Å². The van der Waals surface area contributed by atoms with Gasteiger partial charge < -0.3 is 24.8 Å². The third-order valence-corrected chi connectivity index (χ3v) is 2.78. The standard InChI is InChI=1S/C10H20Cl2O5/c11-6-9(14)2-1-4-17-10(15,7-12)8-16-5-3-13/h9,13-15H,1-8H2. The molecule has 0 rings (SSSR count). The zero-order valence-electron chi connectivity index (χ0n) is 9.65. The van der Waals surface area contributed by atoms with Crippen molar-refractivity contribution in [3.8, 4) is 0 Å². The molecule has 0 aliphatic rings. The van der Waals surface area contributed by atoms with E-state index in [0.717, 1.165) is 0 Å². The van der Waals surface area contributed by atoms with Gasteiger partial charge in [-0.1, -0.05) is 0 Å². The smallest absolute Gasteiger partial charge is 0.203 e. The van der Waals surface area contributed by atoms with Gasteiger partial charge in [0.25, 0.3) is 0 Å². The summed E-state index contributed by atoms with van der Waals surface area (Å²) in [5, 5.41) is 27.5. The molecule has 0 aromatic heterocycles. The number of ether oxygens (including phenoxy) is 2. The lowest BCUT2D eigenvalue weighted by Crippen LogP contribution is -2.40. The van der Waals surface area contributed by atoms with Crippen molar-refractivity contribution in [3.63, 3.8) is 0 Å². The van der Waals surface area contributed by atoms with Crippen LogP contribution in [-0.4, -0.2) is 65.4 Å². The van der Waals surface area contributed by atoms with Crippen molar-refractivity contribution in [1.82, 2.24) is 0 Å². The van der Waals surface area contributed by atoms with Crippen LogP contribution >= 0.6 is 23.2 Å². The van der Waals surface area contributed by atoms with Gasteiger partial charge in [0.05, 0.1) is 31.8 Å². The predicted octanol–water partition coefficient (Wildman–Crippen LogP) is 0.319. The molecule has 104 valence electrons. The molecule has 0 aromatic rings. The van der Waals surface area contributed by atoms with Crippen LogP contribution in [0.3, 0.4) is 0 Å². The topological polar surface area (TPSA) is 79.2 Å². The monoisotopic (exact) mass is 290 g/mol. The summed E-state index contributed by atoms with van der Waals surface area (Å²) in [7, 11) is 0. The Balaban J connectivity index is 3.71. The third kappa shape index (κ3) is 9.02. The first-order valence-electron chi connectivity index (χ1n) is 5.43. The van der Waals surface area contributed by atoms with E-state index in [2.05, 4.69) is 0 Å².